The van der Waals surface area contributed by atoms with Gasteiger partial charge in [0.2, 0.25) is 0 Å². The van der Waals surface area contributed by atoms with Crippen LogP contribution in [0.5, 0.6) is 11.5 Å². The predicted octanol–water partition coefficient (Wildman–Crippen LogP) is 14.9. The van der Waals surface area contributed by atoms with Gasteiger partial charge in [-0.15, -0.1) is 33.2 Å². The Morgan fingerprint density at radius 2 is 0.710 bits per heavy atom. The molecule has 5 aromatic rings. The maximum absolute atomic E-state index is 6.25. The molecule has 0 aliphatic carbocycles. The number of methoxy groups -OCH3 is 2. The molecule has 6 nitrogen and oxygen atoms in total. The summed E-state index contributed by atoms with van der Waals surface area (Å²) in [5.74, 6) is 9.12. The minimum Gasteiger partial charge on any atom is -0.656 e. The normalized spacial score (nSPS) is 13.0. The third-order valence-corrected chi connectivity index (χ3v) is 13.9. The molecule has 354 valence electrons. The van der Waals surface area contributed by atoms with E-state index in [1.807, 2.05) is 0 Å². The average molecular weight is 1000 g/mol. The molecule has 69 heavy (non-hydrogen) atoms. The van der Waals surface area contributed by atoms with E-state index in [0.717, 1.165) is 112 Å². The van der Waals surface area contributed by atoms with Crippen molar-refractivity contribution in [3.05, 3.63) is 105 Å². The van der Waals surface area contributed by atoms with E-state index in [1.54, 1.807) is 14.2 Å². The van der Waals surface area contributed by atoms with Crippen LogP contribution in [0.2, 0.25) is 39.3 Å². The van der Waals surface area contributed by atoms with Gasteiger partial charge in [-0.05, 0) is 92.5 Å². The summed E-state index contributed by atoms with van der Waals surface area (Å²) in [6.45, 7) is 40.5. The number of rotatable bonds is 4. The molecule has 0 saturated heterocycles. The smallest absolute Gasteiger partial charge is 0.656 e. The summed E-state index contributed by atoms with van der Waals surface area (Å²) in [6, 6.07) is 17.5. The van der Waals surface area contributed by atoms with Gasteiger partial charge in [0.1, 0.15) is 27.6 Å². The predicted molar refractivity (Wildman–Crippen MR) is 296 cm³/mol. The second kappa shape index (κ2) is 18.9. The summed E-state index contributed by atoms with van der Waals surface area (Å²) in [5, 5.41) is 0. The third kappa shape index (κ3) is 11.4. The molecular formula is C60H72N4O2Si2Zn. The molecule has 0 amide bonds. The van der Waals surface area contributed by atoms with Crippen LogP contribution in [-0.4, -0.2) is 40.3 Å². The van der Waals surface area contributed by atoms with Gasteiger partial charge in [-0.2, -0.15) is 0 Å². The van der Waals surface area contributed by atoms with Gasteiger partial charge >= 0.3 is 19.5 Å². The molecule has 3 aromatic heterocycles. The minimum absolute atomic E-state index is 0. The molecule has 0 spiro atoms. The van der Waals surface area contributed by atoms with Gasteiger partial charge in [-0.1, -0.05) is 158 Å². The van der Waals surface area contributed by atoms with Crippen molar-refractivity contribution >= 4 is 62.5 Å². The molecule has 2 aliphatic heterocycles. The van der Waals surface area contributed by atoms with Crippen LogP contribution >= 0.6 is 0 Å². The Bertz CT molecular complexity index is 2920. The van der Waals surface area contributed by atoms with Gasteiger partial charge < -0.3 is 19.4 Å². The van der Waals surface area contributed by atoms with Crippen molar-refractivity contribution in [2.45, 2.75) is 144 Å². The maximum atomic E-state index is 6.25. The van der Waals surface area contributed by atoms with Crippen LogP contribution in [0.3, 0.4) is 0 Å². The van der Waals surface area contributed by atoms with Crippen LogP contribution in [0.15, 0.2) is 48.5 Å². The minimum atomic E-state index is -1.85. The van der Waals surface area contributed by atoms with Gasteiger partial charge in [0, 0.05) is 33.4 Å². The molecule has 0 saturated carbocycles. The number of hydrogen-bond acceptors (Lipinski definition) is 4. The summed E-state index contributed by atoms with van der Waals surface area (Å²) in [6.07, 6.45) is 8.43. The molecule has 7 rings (SSSR count). The van der Waals surface area contributed by atoms with E-state index in [2.05, 4.69) is 218 Å². The molecular weight excluding hydrogens is 930 g/mol. The fourth-order valence-electron chi connectivity index (χ4n) is 8.65. The summed E-state index contributed by atoms with van der Waals surface area (Å²) in [7, 11) is -0.142. The first-order valence-corrected chi connectivity index (χ1v) is 31.0. The zero-order valence-electron chi connectivity index (χ0n) is 45.2. The second-order valence-corrected chi connectivity index (χ2v) is 34.1. The maximum Gasteiger partial charge on any atom is 2.00 e. The van der Waals surface area contributed by atoms with E-state index in [4.69, 9.17) is 29.4 Å². The molecule has 9 heteroatoms. The molecule has 2 aromatic carbocycles. The number of hydrogen-bond donors (Lipinski definition) is 0. The van der Waals surface area contributed by atoms with Gasteiger partial charge in [0.05, 0.1) is 37.0 Å². The molecule has 0 N–H and O–H groups in total. The standard InChI is InChI=1S/C60H72N4O2Si2.Zn/c1-57(2,3)41-33-37(34-42(55(41)65-13)58(4,5)6)53-49-25-21-45(61-49)39(29-31-67(15,16)17)47-23-27-51(63-47)54(38-35-43(59(7,8)9)56(66-14)44(36-38)60(10,11)12)52-28-24-48(64-52)40(30-32-68(18,19)20)46-22-26-50(53)62-46;/h21-28,33-36H,1-20H3;/q-2;+2. The fraction of sp³-hybridized carbons (Fsp3) is 0.400. The van der Waals surface area contributed by atoms with Gasteiger partial charge in [0.25, 0.3) is 0 Å². The third-order valence-electron chi connectivity index (χ3n) is 12.1. The Balaban J connectivity index is 0.00000782. The topological polar surface area (TPSA) is 72.4 Å². The summed E-state index contributed by atoms with van der Waals surface area (Å²) >= 11 is 0. The van der Waals surface area contributed by atoms with E-state index in [1.165, 1.54) is 0 Å². The van der Waals surface area contributed by atoms with E-state index >= 15 is 0 Å². The van der Waals surface area contributed by atoms with E-state index in [9.17, 15) is 0 Å². The second-order valence-electron chi connectivity index (χ2n) is 24.6. The van der Waals surface area contributed by atoms with Crippen molar-refractivity contribution in [2.24, 2.45) is 0 Å². The summed E-state index contributed by atoms with van der Waals surface area (Å²) in [5.41, 5.74) is 22.7. The van der Waals surface area contributed by atoms with Crippen molar-refractivity contribution in [1.29, 1.82) is 0 Å². The van der Waals surface area contributed by atoms with E-state index in [-0.39, 0.29) is 41.1 Å². The van der Waals surface area contributed by atoms with Crippen LogP contribution in [0.1, 0.15) is 139 Å². The molecule has 0 fully saturated rings. The number of nitrogens with zero attached hydrogens (tertiary/aromatic N) is 4. The van der Waals surface area contributed by atoms with E-state index in [0.29, 0.717) is 0 Å². The van der Waals surface area contributed by atoms with Crippen LogP contribution in [0.25, 0.3) is 68.6 Å². The van der Waals surface area contributed by atoms with Gasteiger partial charge in [-0.25, -0.2) is 9.97 Å². The number of ether oxygens (including phenoxy) is 2. The Morgan fingerprint density at radius 1 is 0.435 bits per heavy atom. The van der Waals surface area contributed by atoms with Crippen LogP contribution in [0.4, 0.5) is 0 Å². The quantitative estimate of drug-likeness (QED) is 0.129. The number of aromatic nitrogens is 4. The summed E-state index contributed by atoms with van der Waals surface area (Å²) in [4.78, 5) is 22.0. The number of fused-ring (bicyclic) bond motifs is 8. The monoisotopic (exact) mass is 1000 g/mol. The van der Waals surface area contributed by atoms with Crippen LogP contribution in [0, 0.1) is 22.9 Å². The van der Waals surface area contributed by atoms with Crippen LogP contribution in [-0.2, 0) is 41.1 Å². The number of benzene rings is 2. The zero-order chi connectivity index (χ0) is 50.1. The van der Waals surface area contributed by atoms with Crippen molar-refractivity contribution in [3.8, 4) is 56.7 Å². The molecule has 8 bridgehead atoms. The Labute approximate surface area is 428 Å². The zero-order valence-corrected chi connectivity index (χ0v) is 50.2. The van der Waals surface area contributed by atoms with Crippen LogP contribution < -0.4 is 19.4 Å². The van der Waals surface area contributed by atoms with Gasteiger partial charge in [-0.3, -0.25) is 0 Å². The Morgan fingerprint density at radius 3 is 0.971 bits per heavy atom. The van der Waals surface area contributed by atoms with E-state index < -0.39 is 16.1 Å². The molecule has 0 unspecified atom stereocenters. The fourth-order valence-corrected chi connectivity index (χ4v) is 9.65. The average Bonchev–Trinajstić information content (AvgIpc) is 4.05. The largest absolute Gasteiger partial charge is 2.00 e. The Kier molecular flexibility index (Phi) is 14.5. The van der Waals surface area contributed by atoms with Crippen molar-refractivity contribution in [3.63, 3.8) is 0 Å². The molecule has 5 heterocycles. The first-order chi connectivity index (χ1) is 31.4. The molecule has 0 radical (unpaired) electrons. The van der Waals surface area contributed by atoms with Crippen molar-refractivity contribution in [1.82, 2.24) is 19.9 Å². The molecule has 0 atom stereocenters. The first kappa shape index (κ1) is 53.2. The molecule has 2 aliphatic rings. The van der Waals surface area contributed by atoms with Crippen molar-refractivity contribution in [2.75, 3.05) is 14.2 Å². The van der Waals surface area contributed by atoms with Crippen molar-refractivity contribution < 1.29 is 29.0 Å². The first-order valence-electron chi connectivity index (χ1n) is 24.0. The SMILES string of the molecule is COc1c(C(C)(C)C)cc(-c2c3nc(c(C#C[Si](C)(C)C)c4ccc([n-]4)c(-c4cc(C(C)(C)C)c(OC)c(C(C)(C)C)c4)c4nc(c(C#C[Si](C)(C)C)c5ccc2[n-]5)C=C4)C=C3)cc1C(C)(C)C.[Zn+2]. The Hall–Kier alpha value is -5.18. The summed E-state index contributed by atoms with van der Waals surface area (Å²) < 4.78 is 12.5. The van der Waals surface area contributed by atoms with Gasteiger partial charge in [0.15, 0.2) is 0 Å².